The molecule has 2 rings (SSSR count). The molecule has 0 bridgehead atoms. The number of hydrogen-bond donors (Lipinski definition) is 1. The van der Waals surface area contributed by atoms with Crippen LogP contribution in [0.3, 0.4) is 0 Å². The van der Waals surface area contributed by atoms with Crippen molar-refractivity contribution < 1.29 is 4.74 Å². The highest BCUT2D eigenvalue weighted by Gasteiger charge is 2.11. The third-order valence-corrected chi connectivity index (χ3v) is 3.58. The summed E-state index contributed by atoms with van der Waals surface area (Å²) >= 11 is 0. The lowest BCUT2D eigenvalue weighted by Crippen LogP contribution is -2.08. The number of nitrogens with two attached hydrogens (primary N) is 1. The Morgan fingerprint density at radius 3 is 2.75 bits per heavy atom. The zero-order chi connectivity index (χ0) is 14.7. The quantitative estimate of drug-likeness (QED) is 0.909. The average molecular weight is 274 g/mol. The van der Waals surface area contributed by atoms with Gasteiger partial charge in [-0.15, -0.1) is 0 Å². The number of nitrogens with zero attached hydrogens (tertiary/aromatic N) is 3. The van der Waals surface area contributed by atoms with Crippen molar-refractivity contribution in [2.45, 2.75) is 39.8 Å². The molecule has 0 saturated carbocycles. The normalized spacial score (nSPS) is 12.4. The van der Waals surface area contributed by atoms with Gasteiger partial charge >= 0.3 is 0 Å². The third-order valence-electron chi connectivity index (χ3n) is 3.58. The Balaban J connectivity index is 2.24. The summed E-state index contributed by atoms with van der Waals surface area (Å²) in [6, 6.07) is 0.0466. The van der Waals surface area contributed by atoms with Gasteiger partial charge < -0.3 is 10.5 Å². The van der Waals surface area contributed by atoms with E-state index >= 15 is 0 Å². The molecule has 0 aliphatic carbocycles. The van der Waals surface area contributed by atoms with Crippen molar-refractivity contribution in [2.24, 2.45) is 5.73 Å². The predicted octanol–water partition coefficient (Wildman–Crippen LogP) is 2.36. The molecule has 0 fully saturated rings. The molecule has 1 atom stereocenters. The van der Waals surface area contributed by atoms with Gasteiger partial charge in [-0.3, -0.25) is 9.67 Å². The van der Waals surface area contributed by atoms with Crippen LogP contribution in [-0.4, -0.2) is 21.9 Å². The first-order valence-electron chi connectivity index (χ1n) is 6.83. The highest BCUT2D eigenvalue weighted by atomic mass is 16.5. The van der Waals surface area contributed by atoms with Crippen LogP contribution in [0.5, 0.6) is 5.75 Å². The maximum Gasteiger partial charge on any atom is 0.128 e. The zero-order valence-corrected chi connectivity index (χ0v) is 12.6. The van der Waals surface area contributed by atoms with Gasteiger partial charge in [0.1, 0.15) is 5.75 Å². The Hall–Kier alpha value is -1.88. The van der Waals surface area contributed by atoms with Crippen molar-refractivity contribution in [2.75, 3.05) is 7.11 Å². The topological polar surface area (TPSA) is 66.0 Å². The van der Waals surface area contributed by atoms with E-state index in [0.717, 1.165) is 34.6 Å². The summed E-state index contributed by atoms with van der Waals surface area (Å²) in [7, 11) is 1.69. The maximum absolute atomic E-state index is 6.01. The minimum Gasteiger partial charge on any atom is -0.496 e. The number of ether oxygens (including phenoxy) is 1. The van der Waals surface area contributed by atoms with Gasteiger partial charge in [-0.2, -0.15) is 5.10 Å². The Morgan fingerprint density at radius 2 is 2.10 bits per heavy atom. The van der Waals surface area contributed by atoms with Crippen LogP contribution in [0.1, 0.15) is 41.8 Å². The second kappa shape index (κ2) is 6.05. The number of aromatic nitrogens is 3. The molecular formula is C15H22N4O. The number of hydrogen-bond acceptors (Lipinski definition) is 4. The van der Waals surface area contributed by atoms with Gasteiger partial charge in [0.2, 0.25) is 0 Å². The number of methoxy groups -OCH3 is 1. The van der Waals surface area contributed by atoms with Gasteiger partial charge in [0.25, 0.3) is 0 Å². The molecule has 0 saturated heterocycles. The van der Waals surface area contributed by atoms with Gasteiger partial charge in [0.05, 0.1) is 25.5 Å². The summed E-state index contributed by atoms with van der Waals surface area (Å²) in [6.07, 6.45) is 6.56. The lowest BCUT2D eigenvalue weighted by atomic mass is 10.1. The smallest absolute Gasteiger partial charge is 0.128 e. The molecule has 0 radical (unpaired) electrons. The highest BCUT2D eigenvalue weighted by Crippen LogP contribution is 2.24. The fourth-order valence-corrected chi connectivity index (χ4v) is 2.28. The fraction of sp³-hybridized carbons (Fsp3) is 0.467. The molecule has 0 aromatic carbocycles. The summed E-state index contributed by atoms with van der Waals surface area (Å²) in [4.78, 5) is 4.48. The third kappa shape index (κ3) is 2.82. The van der Waals surface area contributed by atoms with Crippen molar-refractivity contribution in [3.8, 4) is 5.75 Å². The van der Waals surface area contributed by atoms with Crippen LogP contribution in [0.15, 0.2) is 18.6 Å². The van der Waals surface area contributed by atoms with Crippen LogP contribution >= 0.6 is 0 Å². The van der Waals surface area contributed by atoms with Crippen LogP contribution in [0, 0.1) is 13.8 Å². The summed E-state index contributed by atoms with van der Waals surface area (Å²) in [5.41, 5.74) is 10.1. The summed E-state index contributed by atoms with van der Waals surface area (Å²) in [5.74, 6) is 0.896. The molecule has 0 aliphatic rings. The van der Waals surface area contributed by atoms with Crippen molar-refractivity contribution >= 4 is 0 Å². The van der Waals surface area contributed by atoms with E-state index in [1.54, 1.807) is 7.11 Å². The van der Waals surface area contributed by atoms with E-state index in [1.165, 1.54) is 0 Å². The maximum atomic E-state index is 6.01. The highest BCUT2D eigenvalue weighted by molar-refractivity contribution is 5.41. The fourth-order valence-electron chi connectivity index (χ4n) is 2.28. The minimum absolute atomic E-state index is 0.0466. The molecule has 0 aliphatic heterocycles. The summed E-state index contributed by atoms with van der Waals surface area (Å²) < 4.78 is 7.30. The molecular weight excluding hydrogens is 252 g/mol. The van der Waals surface area contributed by atoms with Gasteiger partial charge in [-0.1, -0.05) is 6.92 Å². The largest absolute Gasteiger partial charge is 0.496 e. The predicted molar refractivity (Wildman–Crippen MR) is 78.8 cm³/mol. The minimum atomic E-state index is 0.0466. The molecule has 20 heavy (non-hydrogen) atoms. The number of aryl methyl sites for hydroxylation is 1. The van der Waals surface area contributed by atoms with E-state index in [4.69, 9.17) is 10.5 Å². The summed E-state index contributed by atoms with van der Waals surface area (Å²) in [6.45, 7) is 6.71. The second-order valence-electron chi connectivity index (χ2n) is 5.03. The Labute approximate surface area is 119 Å². The van der Waals surface area contributed by atoms with Gasteiger partial charge in [0.15, 0.2) is 0 Å². The first-order chi connectivity index (χ1) is 9.56. The van der Waals surface area contributed by atoms with Crippen molar-refractivity contribution in [1.82, 2.24) is 14.8 Å². The molecule has 2 heterocycles. The van der Waals surface area contributed by atoms with Crippen molar-refractivity contribution in [1.29, 1.82) is 0 Å². The Bertz CT molecular complexity index is 592. The lowest BCUT2D eigenvalue weighted by molar-refractivity contribution is 0.406. The Morgan fingerprint density at radius 1 is 1.35 bits per heavy atom. The second-order valence-corrected chi connectivity index (χ2v) is 5.03. The first kappa shape index (κ1) is 14.5. The lowest BCUT2D eigenvalue weighted by Gasteiger charge is -2.12. The van der Waals surface area contributed by atoms with Crippen LogP contribution < -0.4 is 10.5 Å². The molecule has 2 N–H and O–H groups in total. The molecule has 0 amide bonds. The summed E-state index contributed by atoms with van der Waals surface area (Å²) in [5, 5.41) is 4.36. The van der Waals surface area contributed by atoms with Gasteiger partial charge in [-0.25, -0.2) is 0 Å². The SMILES string of the molecule is CCC(N)c1cnn(Cc2ncc(C)c(OC)c2C)c1. The van der Waals surface area contributed by atoms with E-state index < -0.39 is 0 Å². The van der Waals surface area contributed by atoms with E-state index in [0.29, 0.717) is 6.54 Å². The van der Waals surface area contributed by atoms with Crippen molar-refractivity contribution in [3.05, 3.63) is 41.0 Å². The zero-order valence-electron chi connectivity index (χ0n) is 12.6. The van der Waals surface area contributed by atoms with E-state index in [1.807, 2.05) is 37.1 Å². The molecule has 0 spiro atoms. The average Bonchev–Trinajstić information content (AvgIpc) is 2.90. The molecule has 2 aromatic heterocycles. The van der Waals surface area contributed by atoms with Gasteiger partial charge in [0, 0.05) is 35.1 Å². The first-order valence-corrected chi connectivity index (χ1v) is 6.83. The number of pyridine rings is 1. The van der Waals surface area contributed by atoms with Crippen LogP contribution in [0.2, 0.25) is 0 Å². The standard InChI is InChI=1S/C15H22N4O/c1-5-13(16)12-7-18-19(8-12)9-14-11(3)15(20-4)10(2)6-17-14/h6-8,13H,5,9,16H2,1-4H3. The molecule has 2 aromatic rings. The number of rotatable bonds is 5. The van der Waals surface area contributed by atoms with Crippen LogP contribution in [-0.2, 0) is 6.54 Å². The van der Waals surface area contributed by atoms with Crippen LogP contribution in [0.4, 0.5) is 0 Å². The van der Waals surface area contributed by atoms with E-state index in [2.05, 4.69) is 17.0 Å². The monoisotopic (exact) mass is 274 g/mol. The van der Waals surface area contributed by atoms with Crippen LogP contribution in [0.25, 0.3) is 0 Å². The van der Waals surface area contributed by atoms with Gasteiger partial charge in [-0.05, 0) is 20.3 Å². The van der Waals surface area contributed by atoms with E-state index in [-0.39, 0.29) is 6.04 Å². The molecule has 1 unspecified atom stereocenters. The molecule has 108 valence electrons. The Kier molecular flexibility index (Phi) is 4.39. The molecule has 5 nitrogen and oxygen atoms in total. The molecule has 5 heteroatoms. The van der Waals surface area contributed by atoms with E-state index in [9.17, 15) is 0 Å². The van der Waals surface area contributed by atoms with Crippen molar-refractivity contribution in [3.63, 3.8) is 0 Å².